The van der Waals surface area contributed by atoms with Crippen LogP contribution in [0.2, 0.25) is 0 Å². The number of piperazine rings is 1. The van der Waals surface area contributed by atoms with Crippen LogP contribution < -0.4 is 5.73 Å². The molecule has 2 N–H and O–H groups in total. The highest BCUT2D eigenvalue weighted by Crippen LogP contribution is 2.16. The zero-order valence-electron chi connectivity index (χ0n) is 15.5. The van der Waals surface area contributed by atoms with Crippen LogP contribution in [-0.4, -0.2) is 78.9 Å². The number of nitrogens with two attached hydrogens (primary N) is 1. The van der Waals surface area contributed by atoms with Gasteiger partial charge in [0.25, 0.3) is 0 Å². The minimum absolute atomic E-state index is 0.133. The second kappa shape index (κ2) is 9.14. The molecule has 0 radical (unpaired) electrons. The van der Waals surface area contributed by atoms with Gasteiger partial charge in [-0.05, 0) is 24.8 Å². The Morgan fingerprint density at radius 2 is 1.69 bits per heavy atom. The molecule has 1 unspecified atom stereocenters. The predicted molar refractivity (Wildman–Crippen MR) is 102 cm³/mol. The molecular formula is C20H30N4O2. The third-order valence-electron chi connectivity index (χ3n) is 5.56. The van der Waals surface area contributed by atoms with E-state index in [-0.39, 0.29) is 17.7 Å². The lowest BCUT2D eigenvalue weighted by Gasteiger charge is -2.37. The molecule has 6 heteroatoms. The van der Waals surface area contributed by atoms with Crippen molar-refractivity contribution in [2.75, 3.05) is 52.4 Å². The molecule has 142 valence electrons. The van der Waals surface area contributed by atoms with E-state index < -0.39 is 0 Å². The van der Waals surface area contributed by atoms with Crippen LogP contribution >= 0.6 is 0 Å². The van der Waals surface area contributed by atoms with Crippen molar-refractivity contribution in [1.82, 2.24) is 14.7 Å². The Hall–Kier alpha value is -1.92. The fourth-order valence-corrected chi connectivity index (χ4v) is 3.83. The molecular weight excluding hydrogens is 328 g/mol. The van der Waals surface area contributed by atoms with Crippen LogP contribution in [0.3, 0.4) is 0 Å². The van der Waals surface area contributed by atoms with Crippen LogP contribution in [0.15, 0.2) is 30.3 Å². The molecule has 0 aliphatic carbocycles. The largest absolute Gasteiger partial charge is 0.369 e. The van der Waals surface area contributed by atoms with Gasteiger partial charge in [-0.1, -0.05) is 30.3 Å². The molecule has 26 heavy (non-hydrogen) atoms. The van der Waals surface area contributed by atoms with E-state index >= 15 is 0 Å². The number of rotatable bonds is 6. The van der Waals surface area contributed by atoms with E-state index in [1.807, 2.05) is 11.0 Å². The Bertz CT molecular complexity index is 599. The molecule has 2 fully saturated rings. The maximum atomic E-state index is 12.5. The maximum absolute atomic E-state index is 12.5. The first-order valence-electron chi connectivity index (χ1n) is 9.67. The first kappa shape index (κ1) is 18.9. The van der Waals surface area contributed by atoms with Crippen molar-refractivity contribution >= 4 is 11.8 Å². The number of hydrogen-bond acceptors (Lipinski definition) is 4. The van der Waals surface area contributed by atoms with E-state index in [9.17, 15) is 9.59 Å². The van der Waals surface area contributed by atoms with E-state index in [2.05, 4.69) is 34.1 Å². The van der Waals surface area contributed by atoms with Gasteiger partial charge in [0.1, 0.15) is 0 Å². The summed E-state index contributed by atoms with van der Waals surface area (Å²) in [5.74, 6) is -0.328. The Morgan fingerprint density at radius 1 is 1.00 bits per heavy atom. The highest BCUT2D eigenvalue weighted by Gasteiger charge is 2.28. The van der Waals surface area contributed by atoms with Gasteiger partial charge in [0.05, 0.1) is 12.5 Å². The third-order valence-corrected chi connectivity index (χ3v) is 5.56. The molecule has 1 aromatic rings. The minimum atomic E-state index is -0.283. The van der Waals surface area contributed by atoms with Gasteiger partial charge < -0.3 is 15.5 Å². The molecule has 2 aliphatic rings. The Balaban J connectivity index is 1.38. The second-order valence-corrected chi connectivity index (χ2v) is 7.43. The van der Waals surface area contributed by atoms with Gasteiger partial charge in [0.2, 0.25) is 11.8 Å². The summed E-state index contributed by atoms with van der Waals surface area (Å²) in [6.45, 7) is 6.62. The van der Waals surface area contributed by atoms with E-state index in [0.29, 0.717) is 13.1 Å². The van der Waals surface area contributed by atoms with Crippen molar-refractivity contribution in [2.45, 2.75) is 19.3 Å². The van der Waals surface area contributed by atoms with E-state index in [4.69, 9.17) is 5.73 Å². The minimum Gasteiger partial charge on any atom is -0.369 e. The van der Waals surface area contributed by atoms with Crippen molar-refractivity contribution < 1.29 is 9.59 Å². The molecule has 2 amide bonds. The zero-order chi connectivity index (χ0) is 18.4. The molecule has 6 nitrogen and oxygen atoms in total. The SMILES string of the molecule is NC(=O)C1CCCN(C(=O)CN2CCN(CCc3ccccc3)CC2)C1. The first-order chi connectivity index (χ1) is 12.6. The lowest BCUT2D eigenvalue weighted by Crippen LogP contribution is -2.52. The molecule has 0 aromatic heterocycles. The Labute approximate surface area is 155 Å². The molecule has 2 saturated heterocycles. The molecule has 1 aromatic carbocycles. The molecule has 0 saturated carbocycles. The van der Waals surface area contributed by atoms with Crippen molar-refractivity contribution in [1.29, 1.82) is 0 Å². The van der Waals surface area contributed by atoms with Crippen LogP contribution in [0.4, 0.5) is 0 Å². The molecule has 0 spiro atoms. The summed E-state index contributed by atoms with van der Waals surface area (Å²) in [6.07, 6.45) is 2.74. The fraction of sp³-hybridized carbons (Fsp3) is 0.600. The number of hydrogen-bond donors (Lipinski definition) is 1. The average Bonchev–Trinajstić information content (AvgIpc) is 2.68. The highest BCUT2D eigenvalue weighted by atomic mass is 16.2. The van der Waals surface area contributed by atoms with E-state index in [0.717, 1.165) is 58.5 Å². The van der Waals surface area contributed by atoms with Crippen molar-refractivity contribution in [2.24, 2.45) is 11.7 Å². The number of amides is 2. The number of piperidine rings is 1. The summed E-state index contributed by atoms with van der Waals surface area (Å²) in [7, 11) is 0. The number of nitrogens with zero attached hydrogens (tertiary/aromatic N) is 3. The van der Waals surface area contributed by atoms with Crippen molar-refractivity contribution in [3.8, 4) is 0 Å². The van der Waals surface area contributed by atoms with Gasteiger partial charge in [0, 0.05) is 45.8 Å². The van der Waals surface area contributed by atoms with Crippen LogP contribution in [-0.2, 0) is 16.0 Å². The monoisotopic (exact) mass is 358 g/mol. The first-order valence-corrected chi connectivity index (χ1v) is 9.67. The Morgan fingerprint density at radius 3 is 2.38 bits per heavy atom. The molecule has 3 rings (SSSR count). The number of carbonyl (C=O) groups is 2. The lowest BCUT2D eigenvalue weighted by molar-refractivity contribution is -0.136. The van der Waals surface area contributed by atoms with E-state index in [1.54, 1.807) is 0 Å². The van der Waals surface area contributed by atoms with Gasteiger partial charge in [-0.2, -0.15) is 0 Å². The van der Waals surface area contributed by atoms with Gasteiger partial charge in [-0.15, -0.1) is 0 Å². The average molecular weight is 358 g/mol. The quantitative estimate of drug-likeness (QED) is 0.807. The number of benzene rings is 1. The van der Waals surface area contributed by atoms with Crippen LogP contribution in [0, 0.1) is 5.92 Å². The van der Waals surface area contributed by atoms with Gasteiger partial charge >= 0.3 is 0 Å². The van der Waals surface area contributed by atoms with E-state index in [1.165, 1.54) is 5.56 Å². The smallest absolute Gasteiger partial charge is 0.236 e. The fourth-order valence-electron chi connectivity index (χ4n) is 3.83. The van der Waals surface area contributed by atoms with Gasteiger partial charge in [-0.25, -0.2) is 0 Å². The number of likely N-dealkylation sites (tertiary alicyclic amines) is 1. The second-order valence-electron chi connectivity index (χ2n) is 7.43. The Kier molecular flexibility index (Phi) is 6.63. The summed E-state index contributed by atoms with van der Waals surface area (Å²) < 4.78 is 0. The molecule has 2 heterocycles. The van der Waals surface area contributed by atoms with Crippen LogP contribution in [0.25, 0.3) is 0 Å². The topological polar surface area (TPSA) is 69.9 Å². The number of carbonyl (C=O) groups excluding carboxylic acids is 2. The lowest BCUT2D eigenvalue weighted by atomic mass is 9.97. The standard InChI is InChI=1S/C20H30N4O2/c21-20(26)18-7-4-9-24(15-18)19(25)16-23-13-11-22(12-14-23)10-8-17-5-2-1-3-6-17/h1-3,5-6,18H,4,7-16H2,(H2,21,26). The number of primary amides is 1. The summed E-state index contributed by atoms with van der Waals surface area (Å²) >= 11 is 0. The molecule has 2 aliphatic heterocycles. The van der Waals surface area contributed by atoms with Gasteiger partial charge in [-0.3, -0.25) is 14.5 Å². The van der Waals surface area contributed by atoms with Crippen LogP contribution in [0.1, 0.15) is 18.4 Å². The van der Waals surface area contributed by atoms with Crippen LogP contribution in [0.5, 0.6) is 0 Å². The summed E-state index contributed by atoms with van der Waals surface area (Å²) in [6, 6.07) is 10.6. The van der Waals surface area contributed by atoms with Crippen molar-refractivity contribution in [3.63, 3.8) is 0 Å². The zero-order valence-corrected chi connectivity index (χ0v) is 15.5. The summed E-state index contributed by atoms with van der Waals surface area (Å²) in [5, 5.41) is 0. The summed E-state index contributed by atoms with van der Waals surface area (Å²) in [4.78, 5) is 30.4. The van der Waals surface area contributed by atoms with Gasteiger partial charge in [0.15, 0.2) is 0 Å². The highest BCUT2D eigenvalue weighted by molar-refractivity contribution is 5.81. The molecule has 0 bridgehead atoms. The van der Waals surface area contributed by atoms with Crippen molar-refractivity contribution in [3.05, 3.63) is 35.9 Å². The maximum Gasteiger partial charge on any atom is 0.236 e. The normalized spacial score (nSPS) is 22.3. The molecule has 1 atom stereocenters. The third kappa shape index (κ3) is 5.29. The summed E-state index contributed by atoms with van der Waals surface area (Å²) in [5.41, 5.74) is 6.78. The predicted octanol–water partition coefficient (Wildman–Crippen LogP) is 0.571.